The van der Waals surface area contributed by atoms with Crippen molar-refractivity contribution in [1.29, 1.82) is 5.26 Å². The molecule has 1 aromatic rings. The third-order valence-electron chi connectivity index (χ3n) is 1.98. The van der Waals surface area contributed by atoms with Crippen LogP contribution in [0.4, 0.5) is 4.39 Å². The lowest BCUT2D eigenvalue weighted by atomic mass is 10.00. The van der Waals surface area contributed by atoms with Crippen LogP contribution < -0.4 is 0 Å². The van der Waals surface area contributed by atoms with Crippen LogP contribution in [-0.2, 0) is 0 Å². The van der Waals surface area contributed by atoms with Gasteiger partial charge < -0.3 is 10.2 Å². The van der Waals surface area contributed by atoms with Crippen molar-refractivity contribution in [3.63, 3.8) is 0 Å². The lowest BCUT2D eigenvalue weighted by Gasteiger charge is -2.16. The Morgan fingerprint density at radius 3 is 2.67 bits per heavy atom. The molecule has 15 heavy (non-hydrogen) atoms. The number of nitriles is 1. The molecule has 0 saturated carbocycles. The second-order valence-corrected chi connectivity index (χ2v) is 3.66. The van der Waals surface area contributed by atoms with E-state index in [1.165, 1.54) is 6.07 Å². The molecule has 0 aliphatic heterocycles. The smallest absolute Gasteiger partial charge is 0.123 e. The lowest BCUT2D eigenvalue weighted by Crippen LogP contribution is -2.20. The van der Waals surface area contributed by atoms with Crippen LogP contribution in [0.15, 0.2) is 18.2 Å². The Balaban J connectivity index is 3.12. The van der Waals surface area contributed by atoms with Crippen LogP contribution in [0.2, 0.25) is 0 Å². The Bertz CT molecular complexity index is 391. The molecule has 0 aliphatic carbocycles. The highest BCUT2D eigenvalue weighted by molar-refractivity contribution is 9.09. The van der Waals surface area contributed by atoms with Crippen molar-refractivity contribution < 1.29 is 14.6 Å². The van der Waals surface area contributed by atoms with Crippen molar-refractivity contribution in [3.05, 3.63) is 35.1 Å². The first-order valence-corrected chi connectivity index (χ1v) is 5.34. The normalized spacial score (nSPS) is 14.3. The highest BCUT2D eigenvalue weighted by Crippen LogP contribution is 2.22. The van der Waals surface area contributed by atoms with E-state index in [-0.39, 0.29) is 16.5 Å². The minimum absolute atomic E-state index is 0.101. The third-order valence-corrected chi connectivity index (χ3v) is 2.64. The molecule has 3 nitrogen and oxygen atoms in total. The summed E-state index contributed by atoms with van der Waals surface area (Å²) in [5.74, 6) is -0.551. The van der Waals surface area contributed by atoms with E-state index in [1.807, 2.05) is 6.07 Å². The van der Waals surface area contributed by atoms with E-state index in [0.29, 0.717) is 0 Å². The van der Waals surface area contributed by atoms with Crippen molar-refractivity contribution >= 4 is 15.9 Å². The number of nitrogens with zero attached hydrogens (tertiary/aromatic N) is 1. The molecular weight excluding hydrogens is 265 g/mol. The Hall–Kier alpha value is -0.960. The van der Waals surface area contributed by atoms with Gasteiger partial charge >= 0.3 is 0 Å². The summed E-state index contributed by atoms with van der Waals surface area (Å²) in [6.45, 7) is 0. The standard InChI is InChI=1S/C10H9BrFNO2/c11-4-9(14)10(15)8-3-7(12)2-1-6(8)5-13/h1-3,9-10,14-15H,4H2. The van der Waals surface area contributed by atoms with Crippen molar-refractivity contribution in [3.8, 4) is 6.07 Å². The van der Waals surface area contributed by atoms with Gasteiger partial charge in [0.05, 0.1) is 17.7 Å². The Kier molecular flexibility index (Phi) is 4.21. The average molecular weight is 274 g/mol. The van der Waals surface area contributed by atoms with Crippen LogP contribution in [0.5, 0.6) is 0 Å². The molecule has 0 saturated heterocycles. The fourth-order valence-electron chi connectivity index (χ4n) is 1.17. The summed E-state index contributed by atoms with van der Waals surface area (Å²) in [6, 6.07) is 5.29. The molecule has 0 heterocycles. The molecule has 0 bridgehead atoms. The summed E-state index contributed by atoms with van der Waals surface area (Å²) >= 11 is 2.99. The summed E-state index contributed by atoms with van der Waals surface area (Å²) in [5, 5.41) is 27.9. The second-order valence-electron chi connectivity index (χ2n) is 3.01. The van der Waals surface area contributed by atoms with Gasteiger partial charge in [-0.2, -0.15) is 5.26 Å². The van der Waals surface area contributed by atoms with Crippen LogP contribution in [0.1, 0.15) is 17.2 Å². The summed E-state index contributed by atoms with van der Waals surface area (Å²) in [7, 11) is 0. The summed E-state index contributed by atoms with van der Waals surface area (Å²) < 4.78 is 12.9. The topological polar surface area (TPSA) is 64.2 Å². The van der Waals surface area contributed by atoms with Gasteiger partial charge in [0.25, 0.3) is 0 Å². The molecule has 0 fully saturated rings. The summed E-state index contributed by atoms with van der Waals surface area (Å²) in [6.07, 6.45) is -2.34. The zero-order valence-electron chi connectivity index (χ0n) is 7.69. The van der Waals surface area contributed by atoms with Crippen molar-refractivity contribution in [2.24, 2.45) is 0 Å². The number of rotatable bonds is 3. The molecule has 2 atom stereocenters. The Labute approximate surface area is 94.9 Å². The van der Waals surface area contributed by atoms with E-state index in [4.69, 9.17) is 5.26 Å². The van der Waals surface area contributed by atoms with E-state index in [2.05, 4.69) is 15.9 Å². The maximum absolute atomic E-state index is 12.9. The molecule has 0 radical (unpaired) electrons. The van der Waals surface area contributed by atoms with Gasteiger partial charge in [0.2, 0.25) is 0 Å². The zero-order valence-corrected chi connectivity index (χ0v) is 9.28. The van der Waals surface area contributed by atoms with E-state index >= 15 is 0 Å². The van der Waals surface area contributed by atoms with Crippen molar-refractivity contribution in [2.75, 3.05) is 5.33 Å². The number of hydrogen-bond acceptors (Lipinski definition) is 3. The van der Waals surface area contributed by atoms with Gasteiger partial charge in [0.1, 0.15) is 11.9 Å². The summed E-state index contributed by atoms with van der Waals surface area (Å²) in [5.41, 5.74) is 0.258. The van der Waals surface area contributed by atoms with Crippen LogP contribution in [-0.4, -0.2) is 21.6 Å². The molecule has 2 N–H and O–H groups in total. The predicted octanol–water partition coefficient (Wildman–Crippen LogP) is 1.49. The van der Waals surface area contributed by atoms with Gasteiger partial charge in [-0.15, -0.1) is 0 Å². The van der Waals surface area contributed by atoms with Crippen molar-refractivity contribution in [1.82, 2.24) is 0 Å². The first kappa shape index (κ1) is 12.1. The lowest BCUT2D eigenvalue weighted by molar-refractivity contribution is 0.0339. The quantitative estimate of drug-likeness (QED) is 0.821. The van der Waals surface area contributed by atoms with Gasteiger partial charge in [-0.3, -0.25) is 0 Å². The highest BCUT2D eigenvalue weighted by atomic mass is 79.9. The number of aliphatic hydroxyl groups excluding tert-OH is 2. The second kappa shape index (κ2) is 5.21. The SMILES string of the molecule is N#Cc1ccc(F)cc1C(O)C(O)CBr. The molecule has 0 spiro atoms. The number of alkyl halides is 1. The first-order valence-electron chi connectivity index (χ1n) is 4.21. The maximum atomic E-state index is 12.9. The fraction of sp³-hybridized carbons (Fsp3) is 0.300. The maximum Gasteiger partial charge on any atom is 0.123 e. The largest absolute Gasteiger partial charge is 0.389 e. The summed E-state index contributed by atoms with van der Waals surface area (Å²) in [4.78, 5) is 0. The number of halogens is 2. The molecule has 1 aromatic carbocycles. The fourth-order valence-corrected chi connectivity index (χ4v) is 1.53. The minimum atomic E-state index is -1.27. The van der Waals surface area contributed by atoms with Crippen molar-refractivity contribution in [2.45, 2.75) is 12.2 Å². The number of aliphatic hydroxyl groups is 2. The molecule has 80 valence electrons. The van der Waals surface area contributed by atoms with Crippen LogP contribution in [0, 0.1) is 17.1 Å². The third kappa shape index (κ3) is 2.75. The molecule has 2 unspecified atom stereocenters. The van der Waals surface area contributed by atoms with E-state index < -0.39 is 18.0 Å². The van der Waals surface area contributed by atoms with Gasteiger partial charge in [0.15, 0.2) is 0 Å². The molecular formula is C10H9BrFNO2. The molecule has 0 aromatic heterocycles. The highest BCUT2D eigenvalue weighted by Gasteiger charge is 2.20. The molecule has 5 heteroatoms. The predicted molar refractivity (Wildman–Crippen MR) is 55.9 cm³/mol. The monoisotopic (exact) mass is 273 g/mol. The Morgan fingerprint density at radius 2 is 2.13 bits per heavy atom. The molecule has 0 amide bonds. The van der Waals surface area contributed by atoms with Crippen LogP contribution in [0.3, 0.4) is 0 Å². The van der Waals surface area contributed by atoms with E-state index in [9.17, 15) is 14.6 Å². The van der Waals surface area contributed by atoms with Crippen LogP contribution >= 0.6 is 15.9 Å². The van der Waals surface area contributed by atoms with Gasteiger partial charge in [-0.1, -0.05) is 15.9 Å². The van der Waals surface area contributed by atoms with Crippen LogP contribution in [0.25, 0.3) is 0 Å². The molecule has 1 rings (SSSR count). The van der Waals surface area contributed by atoms with Gasteiger partial charge in [-0.25, -0.2) is 4.39 Å². The zero-order chi connectivity index (χ0) is 11.4. The van der Waals surface area contributed by atoms with E-state index in [0.717, 1.165) is 12.1 Å². The Morgan fingerprint density at radius 1 is 1.47 bits per heavy atom. The van der Waals surface area contributed by atoms with Gasteiger partial charge in [-0.05, 0) is 18.2 Å². The minimum Gasteiger partial charge on any atom is -0.389 e. The van der Waals surface area contributed by atoms with E-state index in [1.54, 1.807) is 0 Å². The average Bonchev–Trinajstić information content (AvgIpc) is 2.27. The number of hydrogen-bond donors (Lipinski definition) is 2. The first-order chi connectivity index (χ1) is 7.10. The number of benzene rings is 1. The van der Waals surface area contributed by atoms with Gasteiger partial charge in [0, 0.05) is 10.9 Å². The molecule has 0 aliphatic rings.